The highest BCUT2D eigenvalue weighted by atomic mass is 16.5. The van der Waals surface area contributed by atoms with E-state index in [1.54, 1.807) is 6.92 Å². The molecule has 1 aromatic carbocycles. The van der Waals surface area contributed by atoms with Gasteiger partial charge in [0.2, 0.25) is 0 Å². The number of rotatable bonds is 3. The van der Waals surface area contributed by atoms with Crippen molar-refractivity contribution in [1.82, 2.24) is 4.57 Å². The highest BCUT2D eigenvalue weighted by Gasteiger charge is 2.15. The Kier molecular flexibility index (Phi) is 3.07. The molecule has 92 valence electrons. The van der Waals surface area contributed by atoms with Crippen LogP contribution in [0.2, 0.25) is 0 Å². The molecule has 0 saturated heterocycles. The number of ketones is 1. The lowest BCUT2D eigenvalue weighted by Crippen LogP contribution is -1.96. The number of Topliss-reactive ketones (excluding diaryl/α,β-unsaturated/α-hetero) is 1. The molecule has 0 spiro atoms. The Hall–Kier alpha value is -2.28. The molecule has 4 nitrogen and oxygen atoms in total. The van der Waals surface area contributed by atoms with E-state index in [9.17, 15) is 4.79 Å². The predicted octanol–water partition coefficient (Wildman–Crippen LogP) is 2.59. The summed E-state index contributed by atoms with van der Waals surface area (Å²) in [4.78, 5) is 11.7. The van der Waals surface area contributed by atoms with Gasteiger partial charge < -0.3 is 9.30 Å². The van der Waals surface area contributed by atoms with Crippen LogP contribution in [0.15, 0.2) is 18.2 Å². The summed E-state index contributed by atoms with van der Waals surface area (Å²) in [6.07, 6.45) is 0. The number of fused-ring (bicyclic) bond motifs is 1. The lowest BCUT2D eigenvalue weighted by atomic mass is 10.1. The third-order valence-corrected chi connectivity index (χ3v) is 3.12. The van der Waals surface area contributed by atoms with Crippen molar-refractivity contribution in [2.75, 3.05) is 6.61 Å². The Labute approximate surface area is 105 Å². The lowest BCUT2D eigenvalue weighted by Gasteiger charge is -2.02. The fourth-order valence-electron chi connectivity index (χ4n) is 2.20. The number of hydrogen-bond acceptors (Lipinski definition) is 3. The number of carbonyl (C=O) groups is 1. The molecule has 0 radical (unpaired) electrons. The predicted molar refractivity (Wildman–Crippen MR) is 68.8 cm³/mol. The van der Waals surface area contributed by atoms with Crippen molar-refractivity contribution in [3.05, 3.63) is 29.5 Å². The number of nitriles is 1. The van der Waals surface area contributed by atoms with Gasteiger partial charge in [0, 0.05) is 29.2 Å². The fourth-order valence-corrected chi connectivity index (χ4v) is 2.20. The highest BCUT2D eigenvalue weighted by Crippen LogP contribution is 2.28. The maximum absolute atomic E-state index is 11.7. The van der Waals surface area contributed by atoms with Crippen molar-refractivity contribution < 1.29 is 9.53 Å². The molecule has 0 aliphatic heterocycles. The van der Waals surface area contributed by atoms with Crippen LogP contribution in [0.5, 0.6) is 5.75 Å². The van der Waals surface area contributed by atoms with Crippen LogP contribution in [-0.2, 0) is 7.05 Å². The summed E-state index contributed by atoms with van der Waals surface area (Å²) >= 11 is 0. The van der Waals surface area contributed by atoms with E-state index < -0.39 is 0 Å². The van der Waals surface area contributed by atoms with Gasteiger partial charge in [0.1, 0.15) is 11.8 Å². The number of hydrogen-bond donors (Lipinski definition) is 0. The Morgan fingerprint density at radius 1 is 1.50 bits per heavy atom. The van der Waals surface area contributed by atoms with E-state index in [0.717, 1.165) is 22.2 Å². The minimum Gasteiger partial charge on any atom is -0.479 e. The average molecular weight is 242 g/mol. The van der Waals surface area contributed by atoms with Crippen LogP contribution in [0, 0.1) is 18.3 Å². The molecule has 0 N–H and O–H groups in total. The molecule has 0 unspecified atom stereocenters. The molecular weight excluding hydrogens is 228 g/mol. The fraction of sp³-hybridized carbons (Fsp3) is 0.286. The minimum absolute atomic E-state index is 0.00667. The molecule has 0 atom stereocenters. The SMILES string of the molecule is CC(=O)c1c(C)n(C)c2ccc(OCC#N)cc12. The van der Waals surface area contributed by atoms with E-state index >= 15 is 0 Å². The van der Waals surface area contributed by atoms with Crippen molar-refractivity contribution in [3.63, 3.8) is 0 Å². The monoisotopic (exact) mass is 242 g/mol. The molecule has 4 heteroatoms. The molecule has 0 aliphatic rings. The van der Waals surface area contributed by atoms with Gasteiger partial charge in [-0.25, -0.2) is 0 Å². The van der Waals surface area contributed by atoms with Gasteiger partial charge in [0.05, 0.1) is 0 Å². The normalized spacial score (nSPS) is 10.3. The Morgan fingerprint density at radius 2 is 2.22 bits per heavy atom. The third-order valence-electron chi connectivity index (χ3n) is 3.12. The van der Waals surface area contributed by atoms with Gasteiger partial charge in [0.25, 0.3) is 0 Å². The number of benzene rings is 1. The second-order valence-corrected chi connectivity index (χ2v) is 4.20. The van der Waals surface area contributed by atoms with Gasteiger partial charge in [-0.3, -0.25) is 4.79 Å². The molecule has 1 heterocycles. The molecule has 2 aromatic rings. The first-order valence-electron chi connectivity index (χ1n) is 5.66. The lowest BCUT2D eigenvalue weighted by molar-refractivity contribution is 0.101. The third kappa shape index (κ3) is 1.84. The summed E-state index contributed by atoms with van der Waals surface area (Å²) in [5.74, 6) is 0.646. The maximum atomic E-state index is 11.7. The first kappa shape index (κ1) is 12.2. The summed E-state index contributed by atoms with van der Waals surface area (Å²) in [6.45, 7) is 3.49. The minimum atomic E-state index is 0.00667. The molecule has 0 fully saturated rings. The van der Waals surface area contributed by atoms with Crippen molar-refractivity contribution in [2.24, 2.45) is 7.05 Å². The van der Waals surface area contributed by atoms with Crippen LogP contribution in [0.3, 0.4) is 0 Å². The van der Waals surface area contributed by atoms with Crippen molar-refractivity contribution >= 4 is 16.7 Å². The first-order valence-corrected chi connectivity index (χ1v) is 5.66. The Morgan fingerprint density at radius 3 is 2.83 bits per heavy atom. The van der Waals surface area contributed by atoms with Gasteiger partial charge in [-0.15, -0.1) is 0 Å². The summed E-state index contributed by atoms with van der Waals surface area (Å²) in [7, 11) is 1.93. The standard InChI is InChI=1S/C14H14N2O2/c1-9-14(10(2)17)12-8-11(18-7-6-15)4-5-13(12)16(9)3/h4-5,8H,7H2,1-3H3. The highest BCUT2D eigenvalue weighted by molar-refractivity contribution is 6.08. The second kappa shape index (κ2) is 4.53. The van der Waals surface area contributed by atoms with Gasteiger partial charge in [-0.05, 0) is 32.0 Å². The maximum Gasteiger partial charge on any atom is 0.174 e. The molecule has 1 aromatic heterocycles. The molecule has 18 heavy (non-hydrogen) atoms. The van der Waals surface area contributed by atoms with E-state index in [4.69, 9.17) is 10.00 Å². The van der Waals surface area contributed by atoms with E-state index in [0.29, 0.717) is 5.75 Å². The van der Waals surface area contributed by atoms with Crippen LogP contribution in [-0.4, -0.2) is 17.0 Å². The molecule has 2 rings (SSSR count). The molecule has 0 aliphatic carbocycles. The van der Waals surface area contributed by atoms with Crippen LogP contribution < -0.4 is 4.74 Å². The van der Waals surface area contributed by atoms with Crippen molar-refractivity contribution in [1.29, 1.82) is 5.26 Å². The number of carbonyl (C=O) groups excluding carboxylic acids is 1. The van der Waals surface area contributed by atoms with Crippen LogP contribution in [0.25, 0.3) is 10.9 Å². The Bertz CT molecular complexity index is 662. The second-order valence-electron chi connectivity index (χ2n) is 4.20. The number of aryl methyl sites for hydroxylation is 1. The zero-order valence-electron chi connectivity index (χ0n) is 10.7. The summed E-state index contributed by atoms with van der Waals surface area (Å²) < 4.78 is 7.25. The summed E-state index contributed by atoms with van der Waals surface area (Å²) in [5.41, 5.74) is 2.65. The van der Waals surface area contributed by atoms with E-state index in [1.165, 1.54) is 0 Å². The van der Waals surface area contributed by atoms with Gasteiger partial charge >= 0.3 is 0 Å². The smallest absolute Gasteiger partial charge is 0.174 e. The Balaban J connectivity index is 2.64. The van der Waals surface area contributed by atoms with Crippen LogP contribution >= 0.6 is 0 Å². The van der Waals surface area contributed by atoms with Crippen LogP contribution in [0.1, 0.15) is 23.0 Å². The van der Waals surface area contributed by atoms with Crippen LogP contribution in [0.4, 0.5) is 0 Å². The summed E-state index contributed by atoms with van der Waals surface area (Å²) in [6, 6.07) is 7.45. The van der Waals surface area contributed by atoms with E-state index in [2.05, 4.69) is 0 Å². The van der Waals surface area contributed by atoms with Gasteiger partial charge in [-0.2, -0.15) is 5.26 Å². The summed E-state index contributed by atoms with van der Waals surface area (Å²) in [5, 5.41) is 9.37. The first-order chi connectivity index (χ1) is 8.56. The molecule has 0 saturated carbocycles. The molecule has 0 amide bonds. The number of ether oxygens (including phenoxy) is 1. The quantitative estimate of drug-likeness (QED) is 0.777. The number of nitrogens with zero attached hydrogens (tertiary/aromatic N) is 2. The van der Waals surface area contributed by atoms with Crippen molar-refractivity contribution in [3.8, 4) is 11.8 Å². The van der Waals surface area contributed by atoms with E-state index in [-0.39, 0.29) is 12.4 Å². The van der Waals surface area contributed by atoms with Gasteiger partial charge in [0.15, 0.2) is 12.4 Å². The van der Waals surface area contributed by atoms with Gasteiger partial charge in [-0.1, -0.05) is 0 Å². The van der Waals surface area contributed by atoms with E-state index in [1.807, 2.05) is 42.8 Å². The molecular formula is C14H14N2O2. The number of aromatic nitrogens is 1. The largest absolute Gasteiger partial charge is 0.479 e. The zero-order chi connectivity index (χ0) is 13.3. The zero-order valence-corrected chi connectivity index (χ0v) is 10.7. The average Bonchev–Trinajstić information content (AvgIpc) is 2.59. The van der Waals surface area contributed by atoms with Crippen molar-refractivity contribution in [2.45, 2.75) is 13.8 Å². The molecule has 0 bridgehead atoms. The topological polar surface area (TPSA) is 55.0 Å².